The second kappa shape index (κ2) is 12.2. The molecule has 0 bridgehead atoms. The topological polar surface area (TPSA) is 75.6 Å². The second-order valence-corrected chi connectivity index (χ2v) is 9.98. The van der Waals surface area contributed by atoms with Gasteiger partial charge in [-0.1, -0.05) is 71.8 Å². The summed E-state index contributed by atoms with van der Waals surface area (Å²) in [6.07, 6.45) is 1.59. The molecule has 5 rings (SSSR count). The highest BCUT2D eigenvalue weighted by atomic mass is 32.1. The summed E-state index contributed by atoms with van der Waals surface area (Å²) in [5, 5.41) is 10.3. The van der Waals surface area contributed by atoms with Crippen LogP contribution in [0.15, 0.2) is 108 Å². The molecule has 0 unspecified atom stereocenters. The van der Waals surface area contributed by atoms with Crippen molar-refractivity contribution >= 4 is 34.3 Å². The Morgan fingerprint density at radius 2 is 1.72 bits per heavy atom. The molecule has 0 aliphatic rings. The summed E-state index contributed by atoms with van der Waals surface area (Å²) in [7, 11) is 0. The van der Waals surface area contributed by atoms with Gasteiger partial charge in [0.05, 0.1) is 11.9 Å². The number of nitrogens with one attached hydrogen (secondary N) is 2. The fourth-order valence-electron chi connectivity index (χ4n) is 3.92. The molecule has 4 aromatic carbocycles. The van der Waals surface area contributed by atoms with Gasteiger partial charge in [-0.3, -0.25) is 4.79 Å². The lowest BCUT2D eigenvalue weighted by Gasteiger charge is -2.09. The zero-order chi connectivity index (χ0) is 27.0. The number of ether oxygens (including phenoxy) is 1. The van der Waals surface area contributed by atoms with Crippen LogP contribution in [0, 0.1) is 13.8 Å². The quantitative estimate of drug-likeness (QED) is 0.152. The smallest absolute Gasteiger partial charge is 0.271 e. The van der Waals surface area contributed by atoms with Crippen LogP contribution >= 0.6 is 11.3 Å². The lowest BCUT2D eigenvalue weighted by atomic mass is 10.1. The lowest BCUT2D eigenvalue weighted by Crippen LogP contribution is -2.17. The van der Waals surface area contributed by atoms with Crippen molar-refractivity contribution in [2.75, 3.05) is 5.32 Å². The van der Waals surface area contributed by atoms with Crippen LogP contribution in [0.5, 0.6) is 5.75 Å². The predicted octanol–water partition coefficient (Wildman–Crippen LogP) is 7.51. The minimum atomic E-state index is -0.295. The summed E-state index contributed by atoms with van der Waals surface area (Å²) in [6, 6.07) is 31.3. The van der Waals surface area contributed by atoms with E-state index in [-0.39, 0.29) is 5.91 Å². The van der Waals surface area contributed by atoms with Crippen LogP contribution < -0.4 is 15.5 Å². The van der Waals surface area contributed by atoms with Gasteiger partial charge in [0.25, 0.3) is 5.91 Å². The van der Waals surface area contributed by atoms with Gasteiger partial charge in [0.2, 0.25) is 0 Å². The van der Waals surface area contributed by atoms with Crippen LogP contribution in [0.25, 0.3) is 11.3 Å². The number of para-hydroxylation sites is 1. The van der Waals surface area contributed by atoms with Gasteiger partial charge in [0.15, 0.2) is 5.13 Å². The molecule has 0 spiro atoms. The molecular formula is C32H28N4O2S. The number of hydrazone groups is 1. The summed E-state index contributed by atoms with van der Waals surface area (Å²) in [4.78, 5) is 17.3. The summed E-state index contributed by atoms with van der Waals surface area (Å²) in [5.74, 6) is 0.400. The standard InChI is InChI=1S/C32H28N4O2S/c1-22-10-16-28(17-11-22)34-32-35-29(21-39-32)25-12-14-26(15-13-25)31(37)36-33-19-27-8-3-4-9-30(27)38-20-24-7-5-6-23(2)18-24/h3-19,21H,20H2,1-2H3,(H,34,35)(H,36,37)/b33-19-. The molecule has 0 atom stereocenters. The van der Waals surface area contributed by atoms with E-state index < -0.39 is 0 Å². The number of aromatic nitrogens is 1. The minimum absolute atomic E-state index is 0.295. The Balaban J connectivity index is 1.18. The van der Waals surface area contributed by atoms with E-state index in [0.717, 1.165) is 33.2 Å². The highest BCUT2D eigenvalue weighted by Crippen LogP contribution is 2.27. The normalized spacial score (nSPS) is 10.9. The molecule has 7 heteroatoms. The fourth-order valence-corrected chi connectivity index (χ4v) is 4.66. The van der Waals surface area contributed by atoms with Crippen LogP contribution in [0.4, 0.5) is 10.8 Å². The first-order valence-corrected chi connectivity index (χ1v) is 13.4. The average molecular weight is 533 g/mol. The van der Waals surface area contributed by atoms with E-state index in [1.165, 1.54) is 22.5 Å². The zero-order valence-electron chi connectivity index (χ0n) is 21.7. The Labute approximate surface area is 232 Å². The number of anilines is 2. The number of thiazole rings is 1. The highest BCUT2D eigenvalue weighted by molar-refractivity contribution is 7.14. The number of rotatable bonds is 9. The number of aryl methyl sites for hydroxylation is 2. The van der Waals surface area contributed by atoms with E-state index >= 15 is 0 Å². The molecule has 1 heterocycles. The summed E-state index contributed by atoms with van der Waals surface area (Å²) in [6.45, 7) is 4.57. The SMILES string of the molecule is Cc1ccc(Nc2nc(-c3ccc(C(=O)N/N=C\c4ccccc4OCc4cccc(C)c4)cc3)cs2)cc1. The van der Waals surface area contributed by atoms with Crippen LogP contribution in [0.2, 0.25) is 0 Å². The van der Waals surface area contributed by atoms with Crippen molar-refractivity contribution in [1.29, 1.82) is 0 Å². The molecular weight excluding hydrogens is 504 g/mol. The van der Waals surface area contributed by atoms with E-state index in [1.54, 1.807) is 18.3 Å². The second-order valence-electron chi connectivity index (χ2n) is 9.12. The fraction of sp³-hybridized carbons (Fsp3) is 0.0938. The first-order chi connectivity index (χ1) is 19.0. The van der Waals surface area contributed by atoms with E-state index in [0.29, 0.717) is 17.9 Å². The molecule has 0 fully saturated rings. The number of hydrogen-bond acceptors (Lipinski definition) is 6. The van der Waals surface area contributed by atoms with Gasteiger partial charge in [0, 0.05) is 27.8 Å². The number of nitrogens with zero attached hydrogens (tertiary/aromatic N) is 2. The van der Waals surface area contributed by atoms with Crippen molar-refractivity contribution in [3.63, 3.8) is 0 Å². The van der Waals surface area contributed by atoms with Crippen LogP contribution in [-0.2, 0) is 6.61 Å². The van der Waals surface area contributed by atoms with Gasteiger partial charge >= 0.3 is 0 Å². The van der Waals surface area contributed by atoms with E-state index in [9.17, 15) is 4.79 Å². The molecule has 39 heavy (non-hydrogen) atoms. The monoisotopic (exact) mass is 532 g/mol. The third-order valence-corrected chi connectivity index (χ3v) is 6.77. The Bertz CT molecular complexity index is 1590. The summed E-state index contributed by atoms with van der Waals surface area (Å²) < 4.78 is 6.00. The number of hydrogen-bond donors (Lipinski definition) is 2. The van der Waals surface area contributed by atoms with E-state index in [4.69, 9.17) is 4.74 Å². The zero-order valence-corrected chi connectivity index (χ0v) is 22.5. The van der Waals surface area contributed by atoms with Crippen molar-refractivity contribution in [3.8, 4) is 17.0 Å². The molecule has 194 valence electrons. The molecule has 0 saturated heterocycles. The molecule has 1 aromatic heterocycles. The van der Waals surface area contributed by atoms with Crippen molar-refractivity contribution in [1.82, 2.24) is 10.4 Å². The van der Waals surface area contributed by atoms with Crippen LogP contribution in [-0.4, -0.2) is 17.1 Å². The first kappa shape index (κ1) is 25.9. The van der Waals surface area contributed by atoms with Crippen molar-refractivity contribution in [3.05, 3.63) is 130 Å². The van der Waals surface area contributed by atoms with Gasteiger partial charge in [0.1, 0.15) is 12.4 Å². The highest BCUT2D eigenvalue weighted by Gasteiger charge is 2.09. The predicted molar refractivity (Wildman–Crippen MR) is 159 cm³/mol. The summed E-state index contributed by atoms with van der Waals surface area (Å²) >= 11 is 1.54. The van der Waals surface area contributed by atoms with E-state index in [1.807, 2.05) is 66.0 Å². The minimum Gasteiger partial charge on any atom is -0.488 e. The molecule has 0 aliphatic carbocycles. The van der Waals surface area contributed by atoms with Gasteiger partial charge in [-0.25, -0.2) is 10.4 Å². The maximum atomic E-state index is 12.7. The number of carbonyl (C=O) groups excluding carboxylic acids is 1. The third-order valence-electron chi connectivity index (χ3n) is 6.02. The largest absolute Gasteiger partial charge is 0.488 e. The van der Waals surface area contributed by atoms with Crippen LogP contribution in [0.3, 0.4) is 0 Å². The third kappa shape index (κ3) is 6.97. The first-order valence-electron chi connectivity index (χ1n) is 12.5. The Kier molecular flexibility index (Phi) is 8.09. The van der Waals surface area contributed by atoms with Gasteiger partial charge in [-0.15, -0.1) is 11.3 Å². The lowest BCUT2D eigenvalue weighted by molar-refractivity contribution is 0.0955. The molecule has 0 aliphatic heterocycles. The van der Waals surface area contributed by atoms with E-state index in [2.05, 4.69) is 58.9 Å². The molecule has 2 N–H and O–H groups in total. The van der Waals surface area contributed by atoms with Gasteiger partial charge in [-0.05, 0) is 55.8 Å². The average Bonchev–Trinajstić information content (AvgIpc) is 3.42. The Hall–Kier alpha value is -4.75. The molecule has 5 aromatic rings. The Morgan fingerprint density at radius 1 is 0.923 bits per heavy atom. The molecule has 0 saturated carbocycles. The molecule has 6 nitrogen and oxygen atoms in total. The van der Waals surface area contributed by atoms with Crippen molar-refractivity contribution in [2.45, 2.75) is 20.5 Å². The maximum Gasteiger partial charge on any atom is 0.271 e. The number of amides is 1. The van der Waals surface area contributed by atoms with Crippen molar-refractivity contribution in [2.24, 2.45) is 5.10 Å². The van der Waals surface area contributed by atoms with Gasteiger partial charge < -0.3 is 10.1 Å². The Morgan fingerprint density at radius 3 is 2.51 bits per heavy atom. The number of carbonyl (C=O) groups is 1. The molecule has 0 radical (unpaired) electrons. The maximum absolute atomic E-state index is 12.7. The molecule has 1 amide bonds. The van der Waals surface area contributed by atoms with Crippen LogP contribution in [0.1, 0.15) is 32.6 Å². The summed E-state index contributed by atoms with van der Waals surface area (Å²) in [5.41, 5.74) is 10.2. The van der Waals surface area contributed by atoms with Crippen molar-refractivity contribution < 1.29 is 9.53 Å². The van der Waals surface area contributed by atoms with Gasteiger partial charge in [-0.2, -0.15) is 5.10 Å². The number of benzene rings is 4.